The van der Waals surface area contributed by atoms with Crippen LogP contribution in [0.5, 0.6) is 5.75 Å². The van der Waals surface area contributed by atoms with Gasteiger partial charge in [-0.3, -0.25) is 4.79 Å². The molecular formula is C15H14N2O2. The van der Waals surface area contributed by atoms with Crippen LogP contribution in [0.3, 0.4) is 0 Å². The van der Waals surface area contributed by atoms with Gasteiger partial charge in [-0.2, -0.15) is 0 Å². The highest BCUT2D eigenvalue weighted by Gasteiger charge is 2.29. The van der Waals surface area contributed by atoms with E-state index in [1.165, 1.54) is 0 Å². The van der Waals surface area contributed by atoms with Gasteiger partial charge in [0.15, 0.2) is 0 Å². The molecule has 0 spiro atoms. The quantitative estimate of drug-likeness (QED) is 0.885. The first-order chi connectivity index (χ1) is 9.28. The standard InChI is InChI=1S/C15H14N2O2/c1-19-11-8-6-10(7-9-11)16-14-12-4-2-3-5-13(12)17-15(14)18/h2-9,14,16H,1H3,(H,17,18). The Morgan fingerprint density at radius 3 is 2.58 bits per heavy atom. The molecule has 3 rings (SSSR count). The van der Waals surface area contributed by atoms with E-state index < -0.39 is 0 Å². The minimum absolute atomic E-state index is 0.0305. The summed E-state index contributed by atoms with van der Waals surface area (Å²) in [5.41, 5.74) is 2.74. The number of nitrogens with one attached hydrogen (secondary N) is 2. The van der Waals surface area contributed by atoms with Crippen molar-refractivity contribution in [1.82, 2.24) is 0 Å². The average molecular weight is 254 g/mol. The smallest absolute Gasteiger partial charge is 0.251 e. The lowest BCUT2D eigenvalue weighted by Crippen LogP contribution is -2.19. The molecule has 1 aliphatic rings. The molecule has 2 aromatic rings. The third kappa shape index (κ3) is 2.12. The number of fused-ring (bicyclic) bond motifs is 1. The topological polar surface area (TPSA) is 50.4 Å². The SMILES string of the molecule is COc1ccc(NC2C(=O)Nc3ccccc32)cc1. The first-order valence-corrected chi connectivity index (χ1v) is 6.08. The average Bonchev–Trinajstić information content (AvgIpc) is 2.76. The van der Waals surface area contributed by atoms with Crippen molar-refractivity contribution in [1.29, 1.82) is 0 Å². The summed E-state index contributed by atoms with van der Waals surface area (Å²) in [6.45, 7) is 0. The fraction of sp³-hybridized carbons (Fsp3) is 0.133. The number of rotatable bonds is 3. The molecule has 0 saturated carbocycles. The number of carbonyl (C=O) groups is 1. The Hall–Kier alpha value is -2.49. The highest BCUT2D eigenvalue weighted by molar-refractivity contribution is 6.04. The fourth-order valence-electron chi connectivity index (χ4n) is 2.21. The summed E-state index contributed by atoms with van der Waals surface area (Å²) in [7, 11) is 1.63. The summed E-state index contributed by atoms with van der Waals surface area (Å²) < 4.78 is 5.11. The summed E-state index contributed by atoms with van der Waals surface area (Å²) in [5, 5.41) is 6.09. The highest BCUT2D eigenvalue weighted by atomic mass is 16.5. The molecule has 0 aromatic heterocycles. The van der Waals surface area contributed by atoms with Crippen LogP contribution >= 0.6 is 0 Å². The minimum Gasteiger partial charge on any atom is -0.497 e. The van der Waals surface area contributed by atoms with Gasteiger partial charge in [0, 0.05) is 16.9 Å². The van der Waals surface area contributed by atoms with E-state index in [4.69, 9.17) is 4.74 Å². The van der Waals surface area contributed by atoms with Crippen LogP contribution in [0.15, 0.2) is 48.5 Å². The van der Waals surface area contributed by atoms with E-state index in [-0.39, 0.29) is 11.9 Å². The largest absolute Gasteiger partial charge is 0.497 e. The molecule has 4 heteroatoms. The second-order valence-electron chi connectivity index (χ2n) is 4.38. The van der Waals surface area contributed by atoms with Crippen LogP contribution in [0, 0.1) is 0 Å². The molecule has 0 saturated heterocycles. The van der Waals surface area contributed by atoms with Crippen molar-refractivity contribution in [3.05, 3.63) is 54.1 Å². The molecule has 19 heavy (non-hydrogen) atoms. The number of hydrogen-bond donors (Lipinski definition) is 2. The molecule has 1 unspecified atom stereocenters. The van der Waals surface area contributed by atoms with Gasteiger partial charge in [-0.05, 0) is 30.3 Å². The zero-order valence-corrected chi connectivity index (χ0v) is 10.5. The predicted octanol–water partition coefficient (Wildman–Crippen LogP) is 2.80. The van der Waals surface area contributed by atoms with Gasteiger partial charge in [-0.15, -0.1) is 0 Å². The Morgan fingerprint density at radius 2 is 1.84 bits per heavy atom. The van der Waals surface area contributed by atoms with Gasteiger partial charge in [-0.1, -0.05) is 18.2 Å². The van der Waals surface area contributed by atoms with E-state index in [1.807, 2.05) is 48.5 Å². The maximum Gasteiger partial charge on any atom is 0.251 e. The summed E-state index contributed by atoms with van der Waals surface area (Å²) in [4.78, 5) is 12.0. The Kier molecular flexibility index (Phi) is 2.83. The second-order valence-corrected chi connectivity index (χ2v) is 4.38. The number of amides is 1. The third-order valence-electron chi connectivity index (χ3n) is 3.19. The van der Waals surface area contributed by atoms with Gasteiger partial charge in [0.05, 0.1) is 7.11 Å². The van der Waals surface area contributed by atoms with Crippen molar-refractivity contribution >= 4 is 17.3 Å². The molecule has 2 aromatic carbocycles. The summed E-state index contributed by atoms with van der Waals surface area (Å²) in [6.07, 6.45) is 0. The number of anilines is 2. The van der Waals surface area contributed by atoms with Crippen LogP contribution in [-0.2, 0) is 4.79 Å². The lowest BCUT2D eigenvalue weighted by atomic mass is 10.1. The number of ether oxygens (including phenoxy) is 1. The van der Waals surface area contributed by atoms with Gasteiger partial charge in [0.1, 0.15) is 11.8 Å². The van der Waals surface area contributed by atoms with Gasteiger partial charge >= 0.3 is 0 Å². The van der Waals surface area contributed by atoms with Gasteiger partial charge < -0.3 is 15.4 Å². The molecule has 2 N–H and O–H groups in total. The van der Waals surface area contributed by atoms with Crippen molar-refractivity contribution < 1.29 is 9.53 Å². The van der Waals surface area contributed by atoms with Crippen LogP contribution in [-0.4, -0.2) is 13.0 Å². The first-order valence-electron chi connectivity index (χ1n) is 6.08. The molecule has 96 valence electrons. The van der Waals surface area contributed by atoms with E-state index in [2.05, 4.69) is 10.6 Å². The van der Waals surface area contributed by atoms with Crippen molar-refractivity contribution in [2.45, 2.75) is 6.04 Å². The normalized spacial score (nSPS) is 16.7. The van der Waals surface area contributed by atoms with Crippen LogP contribution < -0.4 is 15.4 Å². The summed E-state index contributed by atoms with van der Waals surface area (Å²) in [6, 6.07) is 14.9. The van der Waals surface area contributed by atoms with Gasteiger partial charge in [0.25, 0.3) is 5.91 Å². The van der Waals surface area contributed by atoms with E-state index in [0.29, 0.717) is 0 Å². The molecule has 1 amide bonds. The third-order valence-corrected chi connectivity index (χ3v) is 3.19. The Labute approximate surface area is 111 Å². The maximum atomic E-state index is 12.0. The minimum atomic E-state index is -0.343. The molecule has 0 bridgehead atoms. The molecular weight excluding hydrogens is 240 g/mol. The lowest BCUT2D eigenvalue weighted by Gasteiger charge is -2.13. The summed E-state index contributed by atoms with van der Waals surface area (Å²) >= 11 is 0. The van der Waals surface area contributed by atoms with Crippen LogP contribution in [0.25, 0.3) is 0 Å². The highest BCUT2D eigenvalue weighted by Crippen LogP contribution is 2.33. The van der Waals surface area contributed by atoms with E-state index in [1.54, 1.807) is 7.11 Å². The monoisotopic (exact) mass is 254 g/mol. The summed E-state index contributed by atoms with van der Waals surface area (Å²) in [5.74, 6) is 0.763. The van der Waals surface area contributed by atoms with Crippen molar-refractivity contribution in [2.24, 2.45) is 0 Å². The number of hydrogen-bond acceptors (Lipinski definition) is 3. The fourth-order valence-corrected chi connectivity index (χ4v) is 2.21. The van der Waals surface area contributed by atoms with Gasteiger partial charge in [-0.25, -0.2) is 0 Å². The molecule has 0 radical (unpaired) electrons. The molecule has 0 aliphatic carbocycles. The molecule has 1 heterocycles. The molecule has 0 fully saturated rings. The number of methoxy groups -OCH3 is 1. The zero-order chi connectivity index (χ0) is 13.2. The second kappa shape index (κ2) is 4.65. The van der Waals surface area contributed by atoms with E-state index >= 15 is 0 Å². The molecule has 1 atom stereocenters. The lowest BCUT2D eigenvalue weighted by molar-refractivity contribution is -0.116. The predicted molar refractivity (Wildman–Crippen MR) is 74.4 cm³/mol. The Bertz CT molecular complexity index is 608. The number of para-hydroxylation sites is 1. The Balaban J connectivity index is 1.84. The Morgan fingerprint density at radius 1 is 1.11 bits per heavy atom. The van der Waals surface area contributed by atoms with Gasteiger partial charge in [0.2, 0.25) is 0 Å². The number of carbonyl (C=O) groups excluding carboxylic acids is 1. The van der Waals surface area contributed by atoms with Crippen LogP contribution in [0.1, 0.15) is 11.6 Å². The molecule has 1 aliphatic heterocycles. The first kappa shape index (κ1) is 11.6. The van der Waals surface area contributed by atoms with Crippen LogP contribution in [0.2, 0.25) is 0 Å². The van der Waals surface area contributed by atoms with Crippen molar-refractivity contribution in [2.75, 3.05) is 17.7 Å². The van der Waals surface area contributed by atoms with Crippen molar-refractivity contribution in [3.8, 4) is 5.75 Å². The van der Waals surface area contributed by atoms with Crippen LogP contribution in [0.4, 0.5) is 11.4 Å². The van der Waals surface area contributed by atoms with E-state index in [9.17, 15) is 4.79 Å². The van der Waals surface area contributed by atoms with E-state index in [0.717, 1.165) is 22.7 Å². The zero-order valence-electron chi connectivity index (χ0n) is 10.5. The van der Waals surface area contributed by atoms with Crippen molar-refractivity contribution in [3.63, 3.8) is 0 Å². The maximum absolute atomic E-state index is 12.0. The number of benzene rings is 2. The molecule has 4 nitrogen and oxygen atoms in total.